The first kappa shape index (κ1) is 24.7. The molecule has 2 atom stereocenters. The van der Waals surface area contributed by atoms with Crippen molar-refractivity contribution in [3.8, 4) is 0 Å². The average molecular weight is 506 g/mol. The first-order valence-corrected chi connectivity index (χ1v) is 12.0. The van der Waals surface area contributed by atoms with E-state index in [1.54, 1.807) is 0 Å². The molecule has 0 unspecified atom stereocenters. The number of nitrogens with zero attached hydrogens (tertiary/aromatic N) is 1. The Morgan fingerprint density at radius 2 is 1.32 bits per heavy atom. The Kier molecular flexibility index (Phi) is 6.11. The monoisotopic (exact) mass is 505 g/mol. The smallest absolute Gasteiger partial charge is 0.339 e. The molecule has 2 aromatic rings. The van der Waals surface area contributed by atoms with E-state index in [2.05, 4.69) is 4.90 Å². The van der Waals surface area contributed by atoms with E-state index in [1.165, 1.54) is 14.2 Å². The van der Waals surface area contributed by atoms with Crippen molar-refractivity contribution in [2.24, 2.45) is 0 Å². The van der Waals surface area contributed by atoms with Crippen molar-refractivity contribution in [2.45, 2.75) is 24.3 Å². The van der Waals surface area contributed by atoms with Crippen LogP contribution in [0.5, 0.6) is 0 Å². The zero-order valence-electron chi connectivity index (χ0n) is 21.1. The first-order valence-electron chi connectivity index (χ1n) is 12.0. The average Bonchev–Trinajstić information content (AvgIpc) is 3.57. The van der Waals surface area contributed by atoms with E-state index < -0.39 is 35.3 Å². The fourth-order valence-electron chi connectivity index (χ4n) is 6.44. The van der Waals surface area contributed by atoms with Crippen LogP contribution < -0.4 is 0 Å². The van der Waals surface area contributed by atoms with Crippen LogP contribution in [-0.4, -0.2) is 70.3 Å². The van der Waals surface area contributed by atoms with Gasteiger partial charge in [-0.3, -0.25) is 4.90 Å². The van der Waals surface area contributed by atoms with Gasteiger partial charge in [0, 0.05) is 5.92 Å². The predicted molar refractivity (Wildman–Crippen MR) is 131 cm³/mol. The van der Waals surface area contributed by atoms with Crippen molar-refractivity contribution >= 4 is 34.6 Å². The van der Waals surface area contributed by atoms with E-state index in [9.17, 15) is 19.2 Å². The van der Waals surface area contributed by atoms with Crippen molar-refractivity contribution in [3.05, 3.63) is 69.8 Å². The van der Waals surface area contributed by atoms with Crippen molar-refractivity contribution in [2.75, 3.05) is 41.5 Å². The van der Waals surface area contributed by atoms with Gasteiger partial charge < -0.3 is 18.9 Å². The van der Waals surface area contributed by atoms with Crippen molar-refractivity contribution < 1.29 is 38.1 Å². The number of rotatable bonds is 5. The van der Waals surface area contributed by atoms with Gasteiger partial charge in [0.05, 0.1) is 56.3 Å². The summed E-state index contributed by atoms with van der Waals surface area (Å²) in [6, 6.07) is 11.4. The summed E-state index contributed by atoms with van der Waals surface area (Å²) in [6.45, 7) is 1.19. The summed E-state index contributed by atoms with van der Waals surface area (Å²) in [7, 11) is 4.72. The number of carbonyl (C=O) groups excluding carboxylic acids is 4. The van der Waals surface area contributed by atoms with Crippen molar-refractivity contribution in [3.63, 3.8) is 0 Å². The van der Waals surface area contributed by atoms with E-state index in [4.69, 9.17) is 18.9 Å². The van der Waals surface area contributed by atoms with Crippen LogP contribution in [0.15, 0.2) is 58.7 Å². The molecule has 1 fully saturated rings. The largest absolute Gasteiger partial charge is 0.466 e. The summed E-state index contributed by atoms with van der Waals surface area (Å²) >= 11 is 0. The molecule has 1 heterocycles. The summed E-state index contributed by atoms with van der Waals surface area (Å²) in [5.41, 5.74) is -0.645. The maximum Gasteiger partial charge on any atom is 0.339 e. The zero-order valence-corrected chi connectivity index (χ0v) is 21.1. The highest BCUT2D eigenvalue weighted by Crippen LogP contribution is 2.63. The second kappa shape index (κ2) is 9.15. The van der Waals surface area contributed by atoms with E-state index in [0.29, 0.717) is 13.1 Å². The SMILES string of the molecule is COC(=O)C1=C(C(=O)OC)[C@H]2c3cccc4cccc(c34)[C@@]2(N2CCCC2)C(C(=O)OC)=C1C(=O)OC. The number of ether oxygens (including phenoxy) is 4. The molecule has 1 saturated heterocycles. The van der Waals surface area contributed by atoms with Gasteiger partial charge in [0.2, 0.25) is 0 Å². The molecule has 0 N–H and O–H groups in total. The fourth-order valence-corrected chi connectivity index (χ4v) is 6.44. The molecule has 1 aliphatic heterocycles. The number of benzene rings is 2. The third kappa shape index (κ3) is 3.20. The molecule has 0 bridgehead atoms. The molecule has 37 heavy (non-hydrogen) atoms. The van der Waals surface area contributed by atoms with E-state index in [1.807, 2.05) is 36.4 Å². The quantitative estimate of drug-likeness (QED) is 0.447. The number of likely N-dealkylation sites (tertiary alicyclic amines) is 1. The molecule has 192 valence electrons. The van der Waals surface area contributed by atoms with E-state index >= 15 is 0 Å². The molecule has 0 aromatic heterocycles. The molecule has 0 saturated carbocycles. The number of hydrogen-bond donors (Lipinski definition) is 0. The minimum atomic E-state index is -1.32. The number of esters is 4. The van der Waals surface area contributed by atoms with E-state index in [-0.39, 0.29) is 22.3 Å². The van der Waals surface area contributed by atoms with Crippen LogP contribution in [-0.2, 0) is 43.7 Å². The molecule has 3 aliphatic rings. The molecule has 0 amide bonds. The lowest BCUT2D eigenvalue weighted by Gasteiger charge is -2.48. The Morgan fingerprint density at radius 1 is 0.757 bits per heavy atom. The Morgan fingerprint density at radius 3 is 1.92 bits per heavy atom. The molecular weight excluding hydrogens is 478 g/mol. The van der Waals surface area contributed by atoms with Gasteiger partial charge in [-0.15, -0.1) is 0 Å². The Hall–Kier alpha value is -3.98. The Labute approximate surface area is 213 Å². The summed E-state index contributed by atoms with van der Waals surface area (Å²) in [5.74, 6) is -4.37. The number of hydrogen-bond acceptors (Lipinski definition) is 9. The van der Waals surface area contributed by atoms with Gasteiger partial charge in [-0.05, 0) is 47.8 Å². The highest BCUT2D eigenvalue weighted by Gasteiger charge is 2.64. The topological polar surface area (TPSA) is 108 Å². The molecule has 9 nitrogen and oxygen atoms in total. The number of methoxy groups -OCH3 is 4. The summed E-state index contributed by atoms with van der Waals surface area (Å²) in [5, 5.41) is 1.75. The van der Waals surface area contributed by atoms with Gasteiger partial charge in [-0.2, -0.15) is 0 Å². The standard InChI is InChI=1S/C28H27NO8/c1-34-24(30)19-20(25(31)35-2)22-16-11-7-9-15-10-8-12-17(18(15)16)28(22,29-13-5-6-14-29)23(27(33)37-4)21(19)26(32)36-3/h7-12,22H,5-6,13-14H2,1-4H3/t22-,28+/m1/s1. The summed E-state index contributed by atoms with van der Waals surface area (Å²) < 4.78 is 20.6. The highest BCUT2D eigenvalue weighted by atomic mass is 16.5. The van der Waals surface area contributed by atoms with Crippen LogP contribution in [0.25, 0.3) is 10.8 Å². The van der Waals surface area contributed by atoms with Gasteiger partial charge in [0.15, 0.2) is 0 Å². The molecule has 2 aliphatic carbocycles. The third-order valence-electron chi connectivity index (χ3n) is 7.69. The van der Waals surface area contributed by atoms with Crippen LogP contribution >= 0.6 is 0 Å². The van der Waals surface area contributed by atoms with Crippen LogP contribution in [0.1, 0.15) is 29.9 Å². The van der Waals surface area contributed by atoms with Crippen LogP contribution in [0, 0.1) is 0 Å². The van der Waals surface area contributed by atoms with Crippen LogP contribution in [0.4, 0.5) is 0 Å². The third-order valence-corrected chi connectivity index (χ3v) is 7.69. The second-order valence-electron chi connectivity index (χ2n) is 9.15. The molecule has 9 heteroatoms. The van der Waals surface area contributed by atoms with Crippen molar-refractivity contribution in [1.29, 1.82) is 0 Å². The minimum absolute atomic E-state index is 0.0505. The zero-order chi connectivity index (χ0) is 26.5. The number of carbonyl (C=O) groups is 4. The minimum Gasteiger partial charge on any atom is -0.466 e. The maximum absolute atomic E-state index is 13.8. The fraction of sp³-hybridized carbons (Fsp3) is 0.357. The lowest BCUT2D eigenvalue weighted by Crippen LogP contribution is -2.55. The lowest BCUT2D eigenvalue weighted by atomic mass is 9.63. The van der Waals surface area contributed by atoms with Crippen LogP contribution in [0.2, 0.25) is 0 Å². The van der Waals surface area contributed by atoms with Gasteiger partial charge >= 0.3 is 23.9 Å². The van der Waals surface area contributed by atoms with Gasteiger partial charge in [-0.25, -0.2) is 19.2 Å². The number of fused-ring (bicyclic) bond motifs is 3. The summed E-state index contributed by atoms with van der Waals surface area (Å²) in [4.78, 5) is 56.2. The van der Waals surface area contributed by atoms with Gasteiger partial charge in [-0.1, -0.05) is 36.4 Å². The maximum atomic E-state index is 13.8. The van der Waals surface area contributed by atoms with Gasteiger partial charge in [0.25, 0.3) is 0 Å². The molecule has 0 spiro atoms. The molecule has 2 aromatic carbocycles. The first-order chi connectivity index (χ1) is 17.9. The van der Waals surface area contributed by atoms with Crippen LogP contribution in [0.3, 0.4) is 0 Å². The normalized spacial score (nSPS) is 22.6. The second-order valence-corrected chi connectivity index (χ2v) is 9.15. The highest BCUT2D eigenvalue weighted by molar-refractivity contribution is 6.19. The summed E-state index contributed by atoms with van der Waals surface area (Å²) in [6.07, 6.45) is 1.70. The van der Waals surface area contributed by atoms with Gasteiger partial charge in [0.1, 0.15) is 0 Å². The predicted octanol–water partition coefficient (Wildman–Crippen LogP) is 2.53. The lowest BCUT2D eigenvalue weighted by molar-refractivity contribution is -0.143. The van der Waals surface area contributed by atoms with Crippen molar-refractivity contribution in [1.82, 2.24) is 4.90 Å². The Bertz CT molecular complexity index is 1410. The van der Waals surface area contributed by atoms with E-state index in [0.717, 1.165) is 49.0 Å². The Balaban J connectivity index is 2.07. The molecule has 0 radical (unpaired) electrons. The molecule has 5 rings (SSSR count). The molecular formula is C28H27NO8.